The summed E-state index contributed by atoms with van der Waals surface area (Å²) in [5.74, 6) is 1.10. The normalized spacial score (nSPS) is 20.9. The van der Waals surface area contributed by atoms with Crippen LogP contribution in [-0.4, -0.2) is 49.5 Å². The van der Waals surface area contributed by atoms with E-state index >= 15 is 0 Å². The zero-order valence-corrected chi connectivity index (χ0v) is 14.7. The third kappa shape index (κ3) is 4.14. The number of rotatable bonds is 4. The van der Waals surface area contributed by atoms with E-state index in [1.54, 1.807) is 0 Å². The Morgan fingerprint density at radius 2 is 1.95 bits per heavy atom. The first-order chi connectivity index (χ1) is 10.4. The van der Waals surface area contributed by atoms with Crippen molar-refractivity contribution in [3.63, 3.8) is 0 Å². The van der Waals surface area contributed by atoms with E-state index in [2.05, 4.69) is 22.5 Å². The summed E-state index contributed by atoms with van der Waals surface area (Å²) in [7, 11) is 0. The lowest BCUT2D eigenvalue weighted by atomic mass is 9.68. The minimum atomic E-state index is -0.334. The van der Waals surface area contributed by atoms with Gasteiger partial charge in [0.1, 0.15) is 0 Å². The van der Waals surface area contributed by atoms with Gasteiger partial charge in [-0.15, -0.1) is 0 Å². The van der Waals surface area contributed by atoms with Gasteiger partial charge in [-0.05, 0) is 31.6 Å². The van der Waals surface area contributed by atoms with Crippen molar-refractivity contribution in [1.82, 2.24) is 15.5 Å². The summed E-state index contributed by atoms with van der Waals surface area (Å²) in [6, 6.07) is 0. The quantitative estimate of drug-likeness (QED) is 0.474. The van der Waals surface area contributed by atoms with Crippen LogP contribution < -0.4 is 10.6 Å². The molecule has 22 heavy (non-hydrogen) atoms. The standard InChI is InChI=1S/C17H32N4O/c1-5-18-15(20-11-10-19-14(22)16(2,3)4)21-12-9-17(13-21)7-6-8-17/h5-13H2,1-4H3,(H,18,20)(H,19,22). The van der Waals surface area contributed by atoms with Crippen LogP contribution in [0.2, 0.25) is 0 Å². The fraction of sp³-hybridized carbons (Fsp3) is 0.882. The highest BCUT2D eigenvalue weighted by molar-refractivity contribution is 5.82. The van der Waals surface area contributed by atoms with E-state index in [4.69, 9.17) is 4.99 Å². The second-order valence-corrected chi connectivity index (χ2v) is 7.77. The second kappa shape index (κ2) is 6.88. The van der Waals surface area contributed by atoms with Crippen molar-refractivity contribution in [2.75, 3.05) is 32.7 Å². The molecule has 5 heteroatoms. The molecule has 2 rings (SSSR count). The molecule has 0 aromatic rings. The van der Waals surface area contributed by atoms with Crippen LogP contribution in [-0.2, 0) is 4.79 Å². The number of aliphatic imine (C=N–C) groups is 1. The number of carbonyl (C=O) groups is 1. The van der Waals surface area contributed by atoms with Crippen LogP contribution in [0.25, 0.3) is 0 Å². The molecule has 2 N–H and O–H groups in total. The summed E-state index contributed by atoms with van der Waals surface area (Å²) in [5, 5.41) is 6.35. The summed E-state index contributed by atoms with van der Waals surface area (Å²) in [6.07, 6.45) is 5.45. The molecule has 0 aromatic heterocycles. The van der Waals surface area contributed by atoms with Gasteiger partial charge in [0.15, 0.2) is 5.96 Å². The van der Waals surface area contributed by atoms with Crippen LogP contribution in [0.15, 0.2) is 4.99 Å². The molecule has 1 aliphatic heterocycles. The molecule has 0 radical (unpaired) electrons. The van der Waals surface area contributed by atoms with Gasteiger partial charge in [0.2, 0.25) is 5.91 Å². The lowest BCUT2D eigenvalue weighted by Gasteiger charge is -2.38. The van der Waals surface area contributed by atoms with E-state index in [-0.39, 0.29) is 11.3 Å². The Kier molecular flexibility index (Phi) is 5.35. The van der Waals surface area contributed by atoms with E-state index in [1.165, 1.54) is 25.7 Å². The lowest BCUT2D eigenvalue weighted by molar-refractivity contribution is -0.128. The van der Waals surface area contributed by atoms with E-state index in [0.29, 0.717) is 18.5 Å². The topological polar surface area (TPSA) is 56.7 Å². The van der Waals surface area contributed by atoms with Crippen LogP contribution in [0.3, 0.4) is 0 Å². The van der Waals surface area contributed by atoms with Crippen molar-refractivity contribution < 1.29 is 4.79 Å². The number of hydrogen-bond acceptors (Lipinski definition) is 2. The van der Waals surface area contributed by atoms with Crippen molar-refractivity contribution in [2.24, 2.45) is 15.8 Å². The van der Waals surface area contributed by atoms with Crippen molar-refractivity contribution in [3.05, 3.63) is 0 Å². The minimum Gasteiger partial charge on any atom is -0.357 e. The van der Waals surface area contributed by atoms with Crippen LogP contribution in [0.4, 0.5) is 0 Å². The maximum absolute atomic E-state index is 11.8. The fourth-order valence-corrected chi connectivity index (χ4v) is 3.22. The summed E-state index contributed by atoms with van der Waals surface area (Å²) in [4.78, 5) is 18.9. The molecule has 1 aliphatic carbocycles. The van der Waals surface area contributed by atoms with Crippen LogP contribution in [0, 0.1) is 10.8 Å². The van der Waals surface area contributed by atoms with Crippen LogP contribution >= 0.6 is 0 Å². The van der Waals surface area contributed by atoms with Gasteiger partial charge in [0.25, 0.3) is 0 Å². The molecular weight excluding hydrogens is 276 g/mol. The Morgan fingerprint density at radius 3 is 2.45 bits per heavy atom. The third-order valence-corrected chi connectivity index (χ3v) is 4.83. The van der Waals surface area contributed by atoms with E-state index in [9.17, 15) is 4.79 Å². The third-order valence-electron chi connectivity index (χ3n) is 4.83. The first-order valence-electron chi connectivity index (χ1n) is 8.68. The van der Waals surface area contributed by atoms with Gasteiger partial charge in [-0.2, -0.15) is 0 Å². The Hall–Kier alpha value is -1.26. The summed E-state index contributed by atoms with van der Waals surface area (Å²) < 4.78 is 0. The summed E-state index contributed by atoms with van der Waals surface area (Å²) >= 11 is 0. The first kappa shape index (κ1) is 17.1. The smallest absolute Gasteiger partial charge is 0.225 e. The van der Waals surface area contributed by atoms with Gasteiger partial charge in [-0.1, -0.05) is 27.2 Å². The van der Waals surface area contributed by atoms with Crippen molar-refractivity contribution in [3.8, 4) is 0 Å². The number of guanidine groups is 1. The largest absolute Gasteiger partial charge is 0.357 e. The predicted octanol–water partition coefficient (Wildman–Crippen LogP) is 1.99. The van der Waals surface area contributed by atoms with Gasteiger partial charge >= 0.3 is 0 Å². The van der Waals surface area contributed by atoms with E-state index in [0.717, 1.165) is 25.6 Å². The monoisotopic (exact) mass is 308 g/mol. The maximum Gasteiger partial charge on any atom is 0.225 e. The second-order valence-electron chi connectivity index (χ2n) is 7.77. The molecule has 126 valence electrons. The first-order valence-corrected chi connectivity index (χ1v) is 8.68. The highest BCUT2D eigenvalue weighted by atomic mass is 16.2. The summed E-state index contributed by atoms with van der Waals surface area (Å²) in [6.45, 7) is 12.3. The molecule has 2 fully saturated rings. The van der Waals surface area contributed by atoms with Crippen molar-refractivity contribution in [2.45, 2.75) is 53.4 Å². The van der Waals surface area contributed by atoms with Gasteiger partial charge in [0, 0.05) is 31.6 Å². The molecule has 0 bridgehead atoms. The van der Waals surface area contributed by atoms with Gasteiger partial charge in [0.05, 0.1) is 6.54 Å². The number of carbonyl (C=O) groups excluding carboxylic acids is 1. The van der Waals surface area contributed by atoms with Gasteiger partial charge in [-0.3, -0.25) is 9.79 Å². The maximum atomic E-state index is 11.8. The molecule has 1 spiro atoms. The lowest BCUT2D eigenvalue weighted by Crippen LogP contribution is -2.43. The van der Waals surface area contributed by atoms with E-state index < -0.39 is 0 Å². The molecule has 1 amide bonds. The van der Waals surface area contributed by atoms with Crippen molar-refractivity contribution in [1.29, 1.82) is 0 Å². The average molecular weight is 308 g/mol. The highest BCUT2D eigenvalue weighted by Crippen LogP contribution is 2.47. The SMILES string of the molecule is CCNC(=NCCNC(=O)C(C)(C)C)N1CCC2(CCC2)C1. The highest BCUT2D eigenvalue weighted by Gasteiger charge is 2.43. The van der Waals surface area contributed by atoms with Crippen LogP contribution in [0.5, 0.6) is 0 Å². The predicted molar refractivity (Wildman–Crippen MR) is 90.9 cm³/mol. The molecule has 0 aromatic carbocycles. The molecule has 5 nitrogen and oxygen atoms in total. The zero-order valence-electron chi connectivity index (χ0n) is 14.7. The Balaban J connectivity index is 1.82. The number of amides is 1. The molecular formula is C17H32N4O. The van der Waals surface area contributed by atoms with Crippen molar-refractivity contribution >= 4 is 11.9 Å². The molecule has 2 aliphatic rings. The van der Waals surface area contributed by atoms with E-state index in [1.807, 2.05) is 20.8 Å². The molecule has 0 unspecified atom stereocenters. The number of nitrogens with zero attached hydrogens (tertiary/aromatic N) is 2. The summed E-state index contributed by atoms with van der Waals surface area (Å²) in [5.41, 5.74) is 0.246. The molecule has 1 heterocycles. The Labute approximate surface area is 134 Å². The Morgan fingerprint density at radius 1 is 1.23 bits per heavy atom. The fourth-order valence-electron chi connectivity index (χ4n) is 3.22. The van der Waals surface area contributed by atoms with Gasteiger partial charge < -0.3 is 15.5 Å². The molecule has 1 saturated heterocycles. The molecule has 0 atom stereocenters. The molecule has 1 saturated carbocycles. The number of hydrogen-bond donors (Lipinski definition) is 2. The van der Waals surface area contributed by atoms with Crippen LogP contribution in [0.1, 0.15) is 53.4 Å². The minimum absolute atomic E-state index is 0.0855. The zero-order chi connectivity index (χ0) is 16.2. The average Bonchev–Trinajstić information content (AvgIpc) is 2.86. The number of nitrogens with one attached hydrogen (secondary N) is 2. The number of likely N-dealkylation sites (tertiary alicyclic amines) is 1. The van der Waals surface area contributed by atoms with Gasteiger partial charge in [-0.25, -0.2) is 0 Å². The Bertz CT molecular complexity index is 421.